The van der Waals surface area contributed by atoms with Crippen LogP contribution in [0.25, 0.3) is 11.3 Å². The standard InChI is InChI=1S/C27H33ClN4O2/c1-19-22(28)11-7-12-23(19)32-17-15-31(16-18-32)14-8-13-29-27(34)24-20(2)30(3)25(26(24)33)21-9-5-4-6-10-21/h4-7,9-12,33H,8,13-18H2,1-3H3,(H,29,34). The lowest BCUT2D eigenvalue weighted by Crippen LogP contribution is -2.47. The van der Waals surface area contributed by atoms with Crippen LogP contribution in [0, 0.1) is 13.8 Å². The fourth-order valence-electron chi connectivity index (χ4n) is 4.73. The van der Waals surface area contributed by atoms with Crippen LogP contribution in [0.15, 0.2) is 48.5 Å². The van der Waals surface area contributed by atoms with E-state index < -0.39 is 0 Å². The summed E-state index contributed by atoms with van der Waals surface area (Å²) in [6, 6.07) is 15.7. The third-order valence-corrected chi connectivity index (χ3v) is 7.23. The zero-order valence-electron chi connectivity index (χ0n) is 20.1. The molecule has 0 spiro atoms. The van der Waals surface area contributed by atoms with Gasteiger partial charge in [0.1, 0.15) is 5.56 Å². The highest BCUT2D eigenvalue weighted by atomic mass is 35.5. The number of halogens is 1. The highest BCUT2D eigenvalue weighted by Gasteiger charge is 2.24. The highest BCUT2D eigenvalue weighted by molar-refractivity contribution is 6.31. The zero-order valence-corrected chi connectivity index (χ0v) is 20.9. The van der Waals surface area contributed by atoms with E-state index in [-0.39, 0.29) is 11.7 Å². The molecule has 34 heavy (non-hydrogen) atoms. The number of carbonyl (C=O) groups excluding carboxylic acids is 1. The molecule has 0 bridgehead atoms. The normalized spacial score (nSPS) is 14.4. The number of piperazine rings is 1. The molecule has 1 fully saturated rings. The summed E-state index contributed by atoms with van der Waals surface area (Å²) >= 11 is 6.29. The van der Waals surface area contributed by atoms with E-state index in [9.17, 15) is 9.90 Å². The van der Waals surface area contributed by atoms with E-state index in [1.54, 1.807) is 0 Å². The predicted molar refractivity (Wildman–Crippen MR) is 139 cm³/mol. The van der Waals surface area contributed by atoms with Crippen LogP contribution >= 0.6 is 11.6 Å². The Bertz CT molecular complexity index is 1150. The molecule has 6 nitrogen and oxygen atoms in total. The Labute approximate surface area is 206 Å². The number of hydrogen-bond acceptors (Lipinski definition) is 4. The first-order valence-electron chi connectivity index (χ1n) is 11.8. The number of aromatic nitrogens is 1. The molecule has 4 rings (SSSR count). The van der Waals surface area contributed by atoms with E-state index in [0.717, 1.165) is 61.0 Å². The van der Waals surface area contributed by atoms with Crippen molar-refractivity contribution in [2.24, 2.45) is 7.05 Å². The minimum atomic E-state index is -0.228. The number of nitrogens with one attached hydrogen (secondary N) is 1. The molecule has 2 N–H and O–H groups in total. The molecule has 7 heteroatoms. The van der Waals surface area contributed by atoms with Gasteiger partial charge in [0.15, 0.2) is 5.75 Å². The first kappa shape index (κ1) is 24.2. The van der Waals surface area contributed by atoms with Crippen LogP contribution in [-0.4, -0.2) is 59.7 Å². The first-order chi connectivity index (χ1) is 16.4. The van der Waals surface area contributed by atoms with Gasteiger partial charge in [0, 0.05) is 61.7 Å². The van der Waals surface area contributed by atoms with E-state index in [1.165, 1.54) is 5.69 Å². The van der Waals surface area contributed by atoms with Crippen molar-refractivity contribution < 1.29 is 9.90 Å². The second-order valence-corrected chi connectivity index (χ2v) is 9.31. The van der Waals surface area contributed by atoms with Crippen molar-refractivity contribution in [2.75, 3.05) is 44.2 Å². The predicted octanol–water partition coefficient (Wildman–Crippen LogP) is 4.61. The van der Waals surface area contributed by atoms with Crippen LogP contribution < -0.4 is 10.2 Å². The van der Waals surface area contributed by atoms with Crippen molar-refractivity contribution in [1.82, 2.24) is 14.8 Å². The number of rotatable bonds is 7. The van der Waals surface area contributed by atoms with E-state index in [2.05, 4.69) is 28.1 Å². The zero-order chi connectivity index (χ0) is 24.2. The summed E-state index contributed by atoms with van der Waals surface area (Å²) in [5, 5.41) is 14.6. The molecule has 0 atom stereocenters. The van der Waals surface area contributed by atoms with Crippen LogP contribution in [0.1, 0.15) is 28.0 Å². The van der Waals surface area contributed by atoms with Crippen molar-refractivity contribution in [3.05, 3.63) is 70.4 Å². The van der Waals surface area contributed by atoms with Crippen molar-refractivity contribution in [1.29, 1.82) is 0 Å². The maximum Gasteiger partial charge on any atom is 0.256 e. The summed E-state index contributed by atoms with van der Waals surface area (Å²) in [5.74, 6) is -0.190. The number of aromatic hydroxyl groups is 1. The number of hydrogen-bond donors (Lipinski definition) is 2. The number of anilines is 1. The summed E-state index contributed by atoms with van der Waals surface area (Å²) < 4.78 is 1.88. The van der Waals surface area contributed by atoms with Gasteiger partial charge in [-0.15, -0.1) is 0 Å². The minimum absolute atomic E-state index is 0.0381. The highest BCUT2D eigenvalue weighted by Crippen LogP contribution is 2.36. The van der Waals surface area contributed by atoms with Crippen molar-refractivity contribution in [3.8, 4) is 17.0 Å². The number of carbonyl (C=O) groups is 1. The molecule has 0 unspecified atom stereocenters. The van der Waals surface area contributed by atoms with Crippen molar-refractivity contribution in [3.63, 3.8) is 0 Å². The maximum absolute atomic E-state index is 12.9. The van der Waals surface area contributed by atoms with Gasteiger partial charge >= 0.3 is 0 Å². The van der Waals surface area contributed by atoms with Gasteiger partial charge in [-0.2, -0.15) is 0 Å². The summed E-state index contributed by atoms with van der Waals surface area (Å²) in [6.45, 7) is 9.33. The smallest absolute Gasteiger partial charge is 0.256 e. The van der Waals surface area contributed by atoms with Gasteiger partial charge < -0.3 is 19.9 Å². The van der Waals surface area contributed by atoms with Gasteiger partial charge in [-0.25, -0.2) is 0 Å². The molecule has 1 amide bonds. The molecule has 1 saturated heterocycles. The lowest BCUT2D eigenvalue weighted by Gasteiger charge is -2.37. The van der Waals surface area contributed by atoms with E-state index in [0.29, 0.717) is 17.8 Å². The van der Waals surface area contributed by atoms with Crippen LogP contribution in [0.4, 0.5) is 5.69 Å². The average Bonchev–Trinajstić information content (AvgIpc) is 3.07. The molecular formula is C27H33ClN4O2. The lowest BCUT2D eigenvalue weighted by atomic mass is 10.1. The van der Waals surface area contributed by atoms with Crippen molar-refractivity contribution in [2.45, 2.75) is 20.3 Å². The molecule has 3 aromatic rings. The Morgan fingerprint density at radius 1 is 1.03 bits per heavy atom. The van der Waals surface area contributed by atoms with Crippen molar-refractivity contribution >= 4 is 23.2 Å². The van der Waals surface area contributed by atoms with Gasteiger partial charge in [0.25, 0.3) is 5.91 Å². The fourth-order valence-corrected chi connectivity index (χ4v) is 4.90. The summed E-state index contributed by atoms with van der Waals surface area (Å²) in [6.07, 6.45) is 0.861. The Balaban J connectivity index is 1.27. The van der Waals surface area contributed by atoms with E-state index >= 15 is 0 Å². The molecule has 180 valence electrons. The van der Waals surface area contributed by atoms with E-state index in [4.69, 9.17) is 11.6 Å². The Kier molecular flexibility index (Phi) is 7.49. The minimum Gasteiger partial charge on any atom is -0.505 e. The monoisotopic (exact) mass is 480 g/mol. The first-order valence-corrected chi connectivity index (χ1v) is 12.2. The van der Waals surface area contributed by atoms with Gasteiger partial charge in [-0.3, -0.25) is 9.69 Å². The molecular weight excluding hydrogens is 448 g/mol. The molecule has 2 heterocycles. The van der Waals surface area contributed by atoms with Gasteiger partial charge in [0.2, 0.25) is 0 Å². The number of amides is 1. The third-order valence-electron chi connectivity index (χ3n) is 6.82. The molecule has 2 aromatic carbocycles. The van der Waals surface area contributed by atoms with Crippen LogP contribution in [0.3, 0.4) is 0 Å². The maximum atomic E-state index is 12.9. The number of benzene rings is 2. The molecule has 0 radical (unpaired) electrons. The number of nitrogens with zero attached hydrogens (tertiary/aromatic N) is 3. The third kappa shape index (κ3) is 4.93. The lowest BCUT2D eigenvalue weighted by molar-refractivity contribution is 0.0948. The molecule has 0 saturated carbocycles. The summed E-state index contributed by atoms with van der Waals surface area (Å²) in [7, 11) is 1.87. The van der Waals surface area contributed by atoms with Crippen LogP contribution in [-0.2, 0) is 7.05 Å². The quantitative estimate of drug-likeness (QED) is 0.485. The second kappa shape index (κ2) is 10.5. The molecule has 1 aliphatic heterocycles. The molecule has 1 aliphatic rings. The van der Waals surface area contributed by atoms with Gasteiger partial charge in [-0.1, -0.05) is 48.0 Å². The van der Waals surface area contributed by atoms with E-state index in [1.807, 2.05) is 61.0 Å². The molecule has 0 aliphatic carbocycles. The average molecular weight is 481 g/mol. The Hall–Kier alpha value is -2.96. The molecule has 1 aromatic heterocycles. The van der Waals surface area contributed by atoms with Gasteiger partial charge in [0.05, 0.1) is 5.69 Å². The topological polar surface area (TPSA) is 60.7 Å². The Morgan fingerprint density at radius 3 is 2.44 bits per heavy atom. The SMILES string of the molecule is Cc1c(Cl)cccc1N1CCN(CCCNC(=O)c2c(O)c(-c3ccccc3)n(C)c2C)CC1. The van der Waals surface area contributed by atoms with Crippen LogP contribution in [0.2, 0.25) is 5.02 Å². The summed E-state index contributed by atoms with van der Waals surface area (Å²) in [4.78, 5) is 17.7. The summed E-state index contributed by atoms with van der Waals surface area (Å²) in [5.41, 5.74) is 5.00. The van der Waals surface area contributed by atoms with Crippen LogP contribution in [0.5, 0.6) is 5.75 Å². The largest absolute Gasteiger partial charge is 0.505 e. The fraction of sp³-hybridized carbons (Fsp3) is 0.370. The van der Waals surface area contributed by atoms with Gasteiger partial charge in [-0.05, 0) is 44.5 Å². The second-order valence-electron chi connectivity index (χ2n) is 8.90. The Morgan fingerprint density at radius 2 is 1.74 bits per heavy atom.